The quantitative estimate of drug-likeness (QED) is 0.513. The third-order valence-electron chi connectivity index (χ3n) is 4.31. The zero-order valence-corrected chi connectivity index (χ0v) is 15.6. The molecule has 0 radical (unpaired) electrons. The first-order chi connectivity index (χ1) is 12.7. The molecule has 0 saturated heterocycles. The second kappa shape index (κ2) is 7.32. The van der Waals surface area contributed by atoms with Gasteiger partial charge >= 0.3 is 0 Å². The number of aromatic nitrogens is 1. The number of hydrogen-bond acceptors (Lipinski definition) is 5. The normalized spacial score (nSPS) is 11.2. The number of methoxy groups -OCH3 is 1. The molecule has 0 bridgehead atoms. The number of hydrogen-bond donors (Lipinski definition) is 1. The van der Waals surface area contributed by atoms with Crippen LogP contribution in [0.1, 0.15) is 16.0 Å². The fraction of sp³-hybridized carbons (Fsp3) is 0.190. The molecule has 0 unspecified atom stereocenters. The molecule has 4 aromatic rings. The first-order valence-corrected chi connectivity index (χ1v) is 9.30. The van der Waals surface area contributed by atoms with Crippen molar-refractivity contribution < 1.29 is 9.15 Å². The molecule has 0 aliphatic heterocycles. The standard InChI is InChI=1S/C21H20N2O2S/c1-14-3-6-21-16(7-14)9-17(26-21)11-22-10-15-4-5-18(19(8-15)24-2)20-12-23-13-25-20/h3-9,12-13,22H,10-11H2,1-2H3. The maximum absolute atomic E-state index is 5.51. The van der Waals surface area contributed by atoms with Gasteiger partial charge in [0.05, 0.1) is 18.9 Å². The highest BCUT2D eigenvalue weighted by Crippen LogP contribution is 2.31. The number of ether oxygens (including phenoxy) is 1. The number of oxazole rings is 1. The van der Waals surface area contributed by atoms with E-state index in [9.17, 15) is 0 Å². The van der Waals surface area contributed by atoms with Crippen LogP contribution in [0.3, 0.4) is 0 Å². The Bertz CT molecular complexity index is 1020. The van der Waals surface area contributed by atoms with Crippen molar-refractivity contribution in [1.29, 1.82) is 0 Å². The fourth-order valence-corrected chi connectivity index (χ4v) is 4.05. The smallest absolute Gasteiger partial charge is 0.181 e. The lowest BCUT2D eigenvalue weighted by atomic mass is 10.1. The number of aryl methyl sites for hydroxylation is 1. The molecule has 2 heterocycles. The van der Waals surface area contributed by atoms with Gasteiger partial charge in [-0.1, -0.05) is 23.8 Å². The predicted octanol–water partition coefficient (Wildman–Crippen LogP) is 5.16. The van der Waals surface area contributed by atoms with Gasteiger partial charge in [-0.25, -0.2) is 4.98 Å². The maximum atomic E-state index is 5.51. The number of fused-ring (bicyclic) bond motifs is 1. The van der Waals surface area contributed by atoms with Gasteiger partial charge in [-0.05, 0) is 42.1 Å². The number of nitrogens with zero attached hydrogens (tertiary/aromatic N) is 1. The van der Waals surface area contributed by atoms with E-state index in [0.717, 1.165) is 24.4 Å². The molecule has 0 saturated carbocycles. The minimum atomic E-state index is 0.710. The number of nitrogens with one attached hydrogen (secondary N) is 1. The average molecular weight is 364 g/mol. The highest BCUT2D eigenvalue weighted by Gasteiger charge is 2.10. The molecule has 4 nitrogen and oxygen atoms in total. The topological polar surface area (TPSA) is 47.3 Å². The lowest BCUT2D eigenvalue weighted by molar-refractivity contribution is 0.414. The zero-order chi connectivity index (χ0) is 17.9. The molecule has 5 heteroatoms. The highest BCUT2D eigenvalue weighted by molar-refractivity contribution is 7.19. The average Bonchev–Trinajstić information content (AvgIpc) is 3.30. The van der Waals surface area contributed by atoms with Crippen LogP contribution in [-0.2, 0) is 13.1 Å². The van der Waals surface area contributed by atoms with Crippen LogP contribution in [-0.4, -0.2) is 12.1 Å². The molecule has 0 aliphatic rings. The van der Waals surface area contributed by atoms with Gasteiger partial charge < -0.3 is 14.5 Å². The number of rotatable bonds is 6. The summed E-state index contributed by atoms with van der Waals surface area (Å²) in [5.41, 5.74) is 3.38. The van der Waals surface area contributed by atoms with Crippen molar-refractivity contribution >= 4 is 21.4 Å². The van der Waals surface area contributed by atoms with E-state index >= 15 is 0 Å². The van der Waals surface area contributed by atoms with Crippen LogP contribution in [0.25, 0.3) is 21.4 Å². The Morgan fingerprint density at radius 3 is 2.85 bits per heavy atom. The van der Waals surface area contributed by atoms with E-state index in [1.807, 2.05) is 23.5 Å². The van der Waals surface area contributed by atoms with Gasteiger partial charge in [0.2, 0.25) is 0 Å². The summed E-state index contributed by atoms with van der Waals surface area (Å²) < 4.78 is 12.2. The Morgan fingerprint density at radius 1 is 1.12 bits per heavy atom. The lowest BCUT2D eigenvalue weighted by Gasteiger charge is -2.09. The summed E-state index contributed by atoms with van der Waals surface area (Å²) in [7, 11) is 1.67. The van der Waals surface area contributed by atoms with Crippen LogP contribution in [0.5, 0.6) is 5.75 Å². The summed E-state index contributed by atoms with van der Waals surface area (Å²) in [6, 6.07) is 15.0. The first-order valence-electron chi connectivity index (χ1n) is 8.48. The van der Waals surface area contributed by atoms with Gasteiger partial charge in [0, 0.05) is 22.7 Å². The minimum Gasteiger partial charge on any atom is -0.496 e. The Hall–Kier alpha value is -2.63. The van der Waals surface area contributed by atoms with E-state index in [2.05, 4.69) is 47.6 Å². The Morgan fingerprint density at radius 2 is 2.04 bits per heavy atom. The van der Waals surface area contributed by atoms with Crippen LogP contribution in [0.4, 0.5) is 0 Å². The molecule has 132 valence electrons. The molecule has 0 amide bonds. The minimum absolute atomic E-state index is 0.710. The van der Waals surface area contributed by atoms with Crippen molar-refractivity contribution in [3.63, 3.8) is 0 Å². The summed E-state index contributed by atoms with van der Waals surface area (Å²) in [6.07, 6.45) is 3.12. The van der Waals surface area contributed by atoms with Crippen LogP contribution >= 0.6 is 11.3 Å². The van der Waals surface area contributed by atoms with Crippen molar-refractivity contribution in [2.24, 2.45) is 0 Å². The van der Waals surface area contributed by atoms with Gasteiger partial charge in [-0.2, -0.15) is 0 Å². The van der Waals surface area contributed by atoms with Crippen molar-refractivity contribution in [1.82, 2.24) is 10.3 Å². The van der Waals surface area contributed by atoms with Gasteiger partial charge in [-0.15, -0.1) is 11.3 Å². The third-order valence-corrected chi connectivity index (χ3v) is 5.43. The maximum Gasteiger partial charge on any atom is 0.181 e. The van der Waals surface area contributed by atoms with Crippen LogP contribution in [0.2, 0.25) is 0 Å². The molecule has 4 rings (SSSR count). The fourth-order valence-electron chi connectivity index (χ4n) is 3.03. The van der Waals surface area contributed by atoms with E-state index < -0.39 is 0 Å². The zero-order valence-electron chi connectivity index (χ0n) is 14.8. The van der Waals surface area contributed by atoms with Crippen molar-refractivity contribution in [2.75, 3.05) is 7.11 Å². The van der Waals surface area contributed by atoms with Gasteiger partial charge in [0.25, 0.3) is 0 Å². The molecule has 0 aliphatic carbocycles. The first kappa shape index (κ1) is 16.8. The molecule has 0 atom stereocenters. The monoisotopic (exact) mass is 364 g/mol. The van der Waals surface area contributed by atoms with E-state index in [4.69, 9.17) is 9.15 Å². The lowest BCUT2D eigenvalue weighted by Crippen LogP contribution is -2.11. The summed E-state index contributed by atoms with van der Waals surface area (Å²) >= 11 is 1.84. The van der Waals surface area contributed by atoms with E-state index in [1.165, 1.54) is 32.5 Å². The van der Waals surface area contributed by atoms with Crippen LogP contribution in [0, 0.1) is 6.92 Å². The summed E-state index contributed by atoms with van der Waals surface area (Å²) in [4.78, 5) is 5.31. The summed E-state index contributed by atoms with van der Waals surface area (Å²) in [5, 5.41) is 4.84. The number of thiophene rings is 1. The predicted molar refractivity (Wildman–Crippen MR) is 106 cm³/mol. The number of benzene rings is 2. The molecule has 1 N–H and O–H groups in total. The molecular formula is C21H20N2O2S. The summed E-state index contributed by atoms with van der Waals surface area (Å²) in [5.74, 6) is 1.50. The van der Waals surface area contributed by atoms with Crippen LogP contribution < -0.4 is 10.1 Å². The Labute approximate surface area is 156 Å². The van der Waals surface area contributed by atoms with Crippen LogP contribution in [0.15, 0.2) is 59.5 Å². The van der Waals surface area contributed by atoms with Crippen molar-refractivity contribution in [3.05, 3.63) is 71.1 Å². The van der Waals surface area contributed by atoms with E-state index in [-0.39, 0.29) is 0 Å². The van der Waals surface area contributed by atoms with Crippen molar-refractivity contribution in [3.8, 4) is 17.1 Å². The van der Waals surface area contributed by atoms with E-state index in [1.54, 1.807) is 13.3 Å². The second-order valence-electron chi connectivity index (χ2n) is 6.26. The van der Waals surface area contributed by atoms with Gasteiger partial charge in [0.15, 0.2) is 12.2 Å². The Kier molecular flexibility index (Phi) is 4.73. The third kappa shape index (κ3) is 3.49. The van der Waals surface area contributed by atoms with Gasteiger partial charge in [-0.3, -0.25) is 0 Å². The second-order valence-corrected chi connectivity index (χ2v) is 7.43. The summed E-state index contributed by atoms with van der Waals surface area (Å²) in [6.45, 7) is 3.76. The molecule has 0 spiro atoms. The molecule has 2 aromatic heterocycles. The van der Waals surface area contributed by atoms with Gasteiger partial charge in [0.1, 0.15) is 5.75 Å². The molecule has 0 fully saturated rings. The van der Waals surface area contributed by atoms with E-state index in [0.29, 0.717) is 5.76 Å². The molecule has 26 heavy (non-hydrogen) atoms. The molecule has 2 aromatic carbocycles. The van der Waals surface area contributed by atoms with Crippen molar-refractivity contribution in [2.45, 2.75) is 20.0 Å². The highest BCUT2D eigenvalue weighted by atomic mass is 32.1. The molecular weight excluding hydrogens is 344 g/mol. The Balaban J connectivity index is 1.44. The SMILES string of the molecule is COc1cc(CNCc2cc3cc(C)ccc3s2)ccc1-c1cnco1. The largest absolute Gasteiger partial charge is 0.496 e.